The summed E-state index contributed by atoms with van der Waals surface area (Å²) in [6, 6.07) is 4.51. The van der Waals surface area contributed by atoms with Gasteiger partial charge >= 0.3 is 0 Å². The van der Waals surface area contributed by atoms with E-state index in [4.69, 9.17) is 0 Å². The van der Waals surface area contributed by atoms with E-state index in [2.05, 4.69) is 10.6 Å². The highest BCUT2D eigenvalue weighted by Crippen LogP contribution is 2.27. The van der Waals surface area contributed by atoms with Gasteiger partial charge in [0.2, 0.25) is 5.91 Å². The Kier molecular flexibility index (Phi) is 5.56. The minimum Gasteiger partial charge on any atom is -0.325 e. The average Bonchev–Trinajstić information content (AvgIpc) is 2.99. The largest absolute Gasteiger partial charge is 0.325 e. The van der Waals surface area contributed by atoms with Gasteiger partial charge in [-0.1, -0.05) is 0 Å². The number of carbonyl (C=O) groups excluding carboxylic acids is 1. The summed E-state index contributed by atoms with van der Waals surface area (Å²) in [5.41, 5.74) is 1.31. The Morgan fingerprint density at radius 1 is 1.39 bits per heavy atom. The van der Waals surface area contributed by atoms with Gasteiger partial charge in [-0.25, -0.2) is 4.39 Å². The molecule has 1 fully saturated rings. The number of carbonyl (C=O) groups is 1. The molecule has 18 heavy (non-hydrogen) atoms. The number of rotatable bonds is 5. The van der Waals surface area contributed by atoms with Gasteiger partial charge in [0.05, 0.1) is 6.54 Å². The van der Waals surface area contributed by atoms with E-state index in [0.717, 1.165) is 18.0 Å². The number of anilines is 1. The average molecular weight is 273 g/mol. The molecule has 0 aromatic heterocycles. The summed E-state index contributed by atoms with van der Waals surface area (Å²) in [5.74, 6) is 0.293. The SMILES string of the molecule is Cc1cc(F)cc(NC(=O)CNCC2CC2)c1.Cl. The molecule has 0 saturated heterocycles. The van der Waals surface area contributed by atoms with Crippen molar-refractivity contribution in [2.75, 3.05) is 18.4 Å². The number of hydrogen-bond donors (Lipinski definition) is 2. The topological polar surface area (TPSA) is 41.1 Å². The highest BCUT2D eigenvalue weighted by molar-refractivity contribution is 5.92. The van der Waals surface area contributed by atoms with E-state index in [1.165, 1.54) is 25.0 Å². The number of nitrogens with one attached hydrogen (secondary N) is 2. The number of amides is 1. The predicted molar refractivity (Wildman–Crippen MR) is 72.6 cm³/mol. The normalized spacial score (nSPS) is 13.9. The molecule has 0 aliphatic heterocycles. The highest BCUT2D eigenvalue weighted by Gasteiger charge is 2.20. The molecule has 0 unspecified atom stereocenters. The zero-order chi connectivity index (χ0) is 12.3. The third-order valence-electron chi connectivity index (χ3n) is 2.74. The van der Waals surface area contributed by atoms with Gasteiger partial charge in [0.25, 0.3) is 0 Å². The Morgan fingerprint density at radius 2 is 2.11 bits per heavy atom. The minimum atomic E-state index is -0.328. The van der Waals surface area contributed by atoms with Crippen molar-refractivity contribution in [2.24, 2.45) is 5.92 Å². The quantitative estimate of drug-likeness (QED) is 0.865. The molecule has 0 atom stereocenters. The molecule has 3 nitrogen and oxygen atoms in total. The molecular formula is C13H18ClFN2O. The van der Waals surface area contributed by atoms with Crippen molar-refractivity contribution >= 4 is 24.0 Å². The van der Waals surface area contributed by atoms with Crippen molar-refractivity contribution < 1.29 is 9.18 Å². The molecule has 1 aliphatic carbocycles. The fourth-order valence-corrected chi connectivity index (χ4v) is 1.73. The standard InChI is InChI=1S/C13H17FN2O.ClH/c1-9-4-11(14)6-12(5-9)16-13(17)8-15-7-10-2-3-10;/h4-6,10,15H,2-3,7-8H2,1H3,(H,16,17);1H. The van der Waals surface area contributed by atoms with Gasteiger partial charge < -0.3 is 10.6 Å². The van der Waals surface area contributed by atoms with Crippen LogP contribution in [0.15, 0.2) is 18.2 Å². The summed E-state index contributed by atoms with van der Waals surface area (Å²) >= 11 is 0. The van der Waals surface area contributed by atoms with E-state index >= 15 is 0 Å². The first-order valence-corrected chi connectivity index (χ1v) is 5.91. The second-order valence-electron chi connectivity index (χ2n) is 4.64. The van der Waals surface area contributed by atoms with Crippen molar-refractivity contribution in [2.45, 2.75) is 19.8 Å². The van der Waals surface area contributed by atoms with Crippen LogP contribution in [-0.2, 0) is 4.79 Å². The molecule has 0 radical (unpaired) electrons. The van der Waals surface area contributed by atoms with Crippen molar-refractivity contribution in [3.63, 3.8) is 0 Å². The molecule has 2 rings (SSSR count). The van der Waals surface area contributed by atoms with E-state index < -0.39 is 0 Å². The van der Waals surface area contributed by atoms with Crippen molar-refractivity contribution in [1.82, 2.24) is 5.32 Å². The summed E-state index contributed by atoms with van der Waals surface area (Å²) < 4.78 is 13.1. The van der Waals surface area contributed by atoms with E-state index in [1.54, 1.807) is 13.0 Å². The van der Waals surface area contributed by atoms with Gasteiger partial charge in [-0.15, -0.1) is 12.4 Å². The third-order valence-corrected chi connectivity index (χ3v) is 2.74. The maximum atomic E-state index is 13.1. The van der Waals surface area contributed by atoms with Crippen LogP contribution in [0.25, 0.3) is 0 Å². The fraction of sp³-hybridized carbons (Fsp3) is 0.462. The lowest BCUT2D eigenvalue weighted by Gasteiger charge is -2.07. The van der Waals surface area contributed by atoms with Crippen LogP contribution in [0.2, 0.25) is 0 Å². The van der Waals surface area contributed by atoms with Crippen LogP contribution in [0.3, 0.4) is 0 Å². The van der Waals surface area contributed by atoms with Gasteiger partial charge in [-0.2, -0.15) is 0 Å². The predicted octanol–water partition coefficient (Wildman–Crippen LogP) is 2.49. The van der Waals surface area contributed by atoms with Crippen LogP contribution in [-0.4, -0.2) is 19.0 Å². The highest BCUT2D eigenvalue weighted by atomic mass is 35.5. The van der Waals surface area contributed by atoms with Gasteiger partial charge in [-0.3, -0.25) is 4.79 Å². The maximum absolute atomic E-state index is 13.1. The molecule has 1 aliphatic rings. The smallest absolute Gasteiger partial charge is 0.238 e. The van der Waals surface area contributed by atoms with Crippen LogP contribution in [0, 0.1) is 18.7 Å². The Bertz CT molecular complexity index is 401. The third kappa shape index (κ3) is 5.02. The molecule has 1 aromatic rings. The van der Waals surface area contributed by atoms with Gasteiger partial charge in [0.15, 0.2) is 0 Å². The van der Waals surface area contributed by atoms with E-state index in [0.29, 0.717) is 5.69 Å². The van der Waals surface area contributed by atoms with Crippen LogP contribution in [0.1, 0.15) is 18.4 Å². The Balaban J connectivity index is 0.00000162. The van der Waals surface area contributed by atoms with E-state index in [1.807, 2.05) is 0 Å². The molecule has 100 valence electrons. The zero-order valence-corrected chi connectivity index (χ0v) is 11.1. The number of aryl methyl sites for hydroxylation is 1. The number of benzene rings is 1. The Hall–Kier alpha value is -1.13. The summed E-state index contributed by atoms with van der Waals surface area (Å²) in [6.07, 6.45) is 2.52. The molecule has 1 aromatic carbocycles. The summed E-state index contributed by atoms with van der Waals surface area (Å²) in [4.78, 5) is 11.5. The first-order chi connectivity index (χ1) is 8.13. The minimum absolute atomic E-state index is 0. The lowest BCUT2D eigenvalue weighted by Crippen LogP contribution is -2.29. The molecule has 1 amide bonds. The number of hydrogen-bond acceptors (Lipinski definition) is 2. The van der Waals surface area contributed by atoms with Gasteiger partial charge in [-0.05, 0) is 56.0 Å². The van der Waals surface area contributed by atoms with Crippen molar-refractivity contribution in [3.8, 4) is 0 Å². The lowest BCUT2D eigenvalue weighted by atomic mass is 10.2. The van der Waals surface area contributed by atoms with E-state index in [-0.39, 0.29) is 30.7 Å². The molecule has 5 heteroatoms. The molecule has 0 bridgehead atoms. The van der Waals surface area contributed by atoms with Crippen LogP contribution in [0.5, 0.6) is 0 Å². The summed E-state index contributed by atoms with van der Waals surface area (Å²) in [6.45, 7) is 2.98. The van der Waals surface area contributed by atoms with Gasteiger partial charge in [0, 0.05) is 5.69 Å². The number of halogens is 2. The molecule has 2 N–H and O–H groups in total. The Labute approximate surface area is 113 Å². The molecule has 0 spiro atoms. The zero-order valence-electron chi connectivity index (χ0n) is 10.3. The molecule has 0 heterocycles. The van der Waals surface area contributed by atoms with Crippen LogP contribution >= 0.6 is 12.4 Å². The molecule has 1 saturated carbocycles. The summed E-state index contributed by atoms with van der Waals surface area (Å²) in [5, 5.41) is 5.77. The first-order valence-electron chi connectivity index (χ1n) is 5.91. The second-order valence-corrected chi connectivity index (χ2v) is 4.64. The van der Waals surface area contributed by atoms with Crippen LogP contribution in [0.4, 0.5) is 10.1 Å². The van der Waals surface area contributed by atoms with Crippen molar-refractivity contribution in [3.05, 3.63) is 29.6 Å². The van der Waals surface area contributed by atoms with Crippen molar-refractivity contribution in [1.29, 1.82) is 0 Å². The molecular weight excluding hydrogens is 255 g/mol. The first kappa shape index (κ1) is 14.9. The maximum Gasteiger partial charge on any atom is 0.238 e. The Morgan fingerprint density at radius 3 is 2.72 bits per heavy atom. The lowest BCUT2D eigenvalue weighted by molar-refractivity contribution is -0.115. The fourth-order valence-electron chi connectivity index (χ4n) is 1.73. The van der Waals surface area contributed by atoms with E-state index in [9.17, 15) is 9.18 Å². The van der Waals surface area contributed by atoms with Crippen LogP contribution < -0.4 is 10.6 Å². The monoisotopic (exact) mass is 272 g/mol. The second kappa shape index (κ2) is 6.71. The van der Waals surface area contributed by atoms with Gasteiger partial charge in [0.1, 0.15) is 5.82 Å². The summed E-state index contributed by atoms with van der Waals surface area (Å²) in [7, 11) is 0.